The van der Waals surface area contributed by atoms with Gasteiger partial charge in [-0.05, 0) is 90.5 Å². The van der Waals surface area contributed by atoms with Crippen molar-refractivity contribution in [2.24, 2.45) is 0 Å². The number of anilines is 3. The standard InChI is InChI=1S/C48H33N/c1-3-14-34(15-4-1)36-26-28-37(29-27-36)41-20-11-12-25-48(41)49(39-19-13-18-38(32-39)35-16-5-2-6-17-35)40-30-31-46-44-23-8-7-21-42(44)43-22-9-10-24-45(43)47(46)33-40/h1-33H. The van der Waals surface area contributed by atoms with Gasteiger partial charge in [-0.3, -0.25) is 0 Å². The topological polar surface area (TPSA) is 3.24 Å². The number of hydrogen-bond acceptors (Lipinski definition) is 1. The van der Waals surface area contributed by atoms with Crippen molar-refractivity contribution < 1.29 is 0 Å². The molecule has 0 aliphatic rings. The number of nitrogens with zero attached hydrogens (tertiary/aromatic N) is 1. The van der Waals surface area contributed by atoms with E-state index in [2.05, 4.69) is 205 Å². The quantitative estimate of drug-likeness (QED) is 0.167. The highest BCUT2D eigenvalue weighted by molar-refractivity contribution is 6.25. The summed E-state index contributed by atoms with van der Waals surface area (Å²) in [5.41, 5.74) is 10.5. The summed E-state index contributed by atoms with van der Waals surface area (Å²) in [5.74, 6) is 0. The molecule has 230 valence electrons. The van der Waals surface area contributed by atoms with Crippen molar-refractivity contribution in [2.45, 2.75) is 0 Å². The molecule has 0 heterocycles. The van der Waals surface area contributed by atoms with Gasteiger partial charge >= 0.3 is 0 Å². The van der Waals surface area contributed by atoms with Crippen LogP contribution in [-0.2, 0) is 0 Å². The maximum Gasteiger partial charge on any atom is 0.0540 e. The molecule has 0 fully saturated rings. The fourth-order valence-corrected chi connectivity index (χ4v) is 7.30. The number of rotatable bonds is 6. The molecule has 0 atom stereocenters. The summed E-state index contributed by atoms with van der Waals surface area (Å²) in [7, 11) is 0. The van der Waals surface area contributed by atoms with Crippen molar-refractivity contribution in [3.8, 4) is 33.4 Å². The van der Waals surface area contributed by atoms with Gasteiger partial charge in [0.2, 0.25) is 0 Å². The molecule has 0 aliphatic heterocycles. The molecule has 0 aliphatic carbocycles. The Kier molecular flexibility index (Phi) is 7.22. The van der Waals surface area contributed by atoms with Gasteiger partial charge in [-0.2, -0.15) is 0 Å². The highest BCUT2D eigenvalue weighted by Crippen LogP contribution is 2.44. The first-order chi connectivity index (χ1) is 24.3. The van der Waals surface area contributed by atoms with E-state index >= 15 is 0 Å². The molecular formula is C48H33N. The zero-order chi connectivity index (χ0) is 32.6. The maximum absolute atomic E-state index is 2.43. The van der Waals surface area contributed by atoms with Crippen LogP contribution in [-0.4, -0.2) is 0 Å². The molecule has 0 saturated carbocycles. The first kappa shape index (κ1) is 28.8. The van der Waals surface area contributed by atoms with Crippen molar-refractivity contribution in [1.82, 2.24) is 0 Å². The van der Waals surface area contributed by atoms with Gasteiger partial charge < -0.3 is 4.90 Å². The van der Waals surface area contributed by atoms with Gasteiger partial charge in [-0.15, -0.1) is 0 Å². The van der Waals surface area contributed by atoms with E-state index in [-0.39, 0.29) is 0 Å². The monoisotopic (exact) mass is 623 g/mol. The van der Waals surface area contributed by atoms with E-state index in [0.717, 1.165) is 17.1 Å². The molecule has 0 saturated heterocycles. The van der Waals surface area contributed by atoms with Gasteiger partial charge in [0.05, 0.1) is 5.69 Å². The smallest absolute Gasteiger partial charge is 0.0540 e. The largest absolute Gasteiger partial charge is 0.310 e. The predicted molar refractivity (Wildman–Crippen MR) is 210 cm³/mol. The Bertz CT molecular complexity index is 2550. The minimum Gasteiger partial charge on any atom is -0.310 e. The molecule has 9 aromatic carbocycles. The second-order valence-corrected chi connectivity index (χ2v) is 12.5. The summed E-state index contributed by atoms with van der Waals surface area (Å²) in [4.78, 5) is 2.43. The lowest BCUT2D eigenvalue weighted by molar-refractivity contribution is 1.29. The van der Waals surface area contributed by atoms with Crippen molar-refractivity contribution in [2.75, 3.05) is 4.90 Å². The number of hydrogen-bond donors (Lipinski definition) is 0. The van der Waals surface area contributed by atoms with Gasteiger partial charge in [0.25, 0.3) is 0 Å². The van der Waals surface area contributed by atoms with E-state index in [0.29, 0.717) is 0 Å². The molecule has 0 aromatic heterocycles. The summed E-state index contributed by atoms with van der Waals surface area (Å²) < 4.78 is 0. The van der Waals surface area contributed by atoms with Gasteiger partial charge in [0.15, 0.2) is 0 Å². The molecule has 1 heteroatoms. The van der Waals surface area contributed by atoms with E-state index in [9.17, 15) is 0 Å². The van der Waals surface area contributed by atoms with Crippen LogP contribution in [0.1, 0.15) is 0 Å². The minimum absolute atomic E-state index is 1.11. The van der Waals surface area contributed by atoms with Crippen molar-refractivity contribution >= 4 is 49.4 Å². The highest BCUT2D eigenvalue weighted by atomic mass is 15.1. The third kappa shape index (κ3) is 5.23. The van der Waals surface area contributed by atoms with Crippen LogP contribution in [0.25, 0.3) is 65.7 Å². The minimum atomic E-state index is 1.11. The summed E-state index contributed by atoms with van der Waals surface area (Å²) in [6.07, 6.45) is 0. The first-order valence-corrected chi connectivity index (χ1v) is 16.9. The van der Waals surface area contributed by atoms with Crippen molar-refractivity contribution in [3.63, 3.8) is 0 Å². The second-order valence-electron chi connectivity index (χ2n) is 12.5. The second kappa shape index (κ2) is 12.3. The third-order valence-corrected chi connectivity index (χ3v) is 9.65. The van der Waals surface area contributed by atoms with Crippen molar-refractivity contribution in [1.29, 1.82) is 0 Å². The first-order valence-electron chi connectivity index (χ1n) is 16.9. The van der Waals surface area contributed by atoms with Gasteiger partial charge in [0, 0.05) is 16.9 Å². The molecule has 0 unspecified atom stereocenters. The summed E-state index contributed by atoms with van der Waals surface area (Å²) in [6.45, 7) is 0. The number of fused-ring (bicyclic) bond motifs is 6. The summed E-state index contributed by atoms with van der Waals surface area (Å²) in [6, 6.07) is 72.4. The molecule has 1 nitrogen and oxygen atoms in total. The Morgan fingerprint density at radius 1 is 0.245 bits per heavy atom. The normalized spacial score (nSPS) is 11.3. The lowest BCUT2D eigenvalue weighted by Gasteiger charge is -2.29. The average molecular weight is 624 g/mol. The Morgan fingerprint density at radius 3 is 1.35 bits per heavy atom. The van der Waals surface area contributed by atoms with Crippen LogP contribution in [0, 0.1) is 0 Å². The van der Waals surface area contributed by atoms with Crippen LogP contribution in [0.4, 0.5) is 17.1 Å². The zero-order valence-corrected chi connectivity index (χ0v) is 27.0. The summed E-state index contributed by atoms with van der Waals surface area (Å²) in [5, 5.41) is 7.62. The Labute approximate surface area is 287 Å². The molecule has 0 radical (unpaired) electrons. The molecule has 0 spiro atoms. The van der Waals surface area contributed by atoms with Gasteiger partial charge in [0.1, 0.15) is 0 Å². The molecule has 9 aromatic rings. The van der Waals surface area contributed by atoms with Crippen LogP contribution in [0.2, 0.25) is 0 Å². The molecule has 9 rings (SSSR count). The molecule has 49 heavy (non-hydrogen) atoms. The fourth-order valence-electron chi connectivity index (χ4n) is 7.30. The van der Waals surface area contributed by atoms with Crippen LogP contribution in [0.5, 0.6) is 0 Å². The SMILES string of the molecule is c1ccc(-c2ccc(-c3ccccc3N(c3cccc(-c4ccccc4)c3)c3ccc4c5ccccc5c5ccccc5c4c3)cc2)cc1. The Morgan fingerprint density at radius 2 is 0.694 bits per heavy atom. The lowest BCUT2D eigenvalue weighted by Crippen LogP contribution is -2.11. The zero-order valence-electron chi connectivity index (χ0n) is 27.0. The maximum atomic E-state index is 2.43. The number of para-hydroxylation sites is 1. The average Bonchev–Trinajstić information content (AvgIpc) is 3.19. The van der Waals surface area contributed by atoms with E-state index in [1.165, 1.54) is 65.7 Å². The van der Waals surface area contributed by atoms with Crippen LogP contribution >= 0.6 is 0 Å². The predicted octanol–water partition coefficient (Wildman–Crippen LogP) is 13.6. The molecule has 0 amide bonds. The molecular weight excluding hydrogens is 591 g/mol. The Hall–Kier alpha value is -6.44. The molecule has 0 bridgehead atoms. The van der Waals surface area contributed by atoms with Crippen LogP contribution in [0.15, 0.2) is 200 Å². The summed E-state index contributed by atoms with van der Waals surface area (Å²) >= 11 is 0. The van der Waals surface area contributed by atoms with Crippen molar-refractivity contribution in [3.05, 3.63) is 200 Å². The van der Waals surface area contributed by atoms with Gasteiger partial charge in [-0.1, -0.05) is 170 Å². The number of benzene rings is 9. The highest BCUT2D eigenvalue weighted by Gasteiger charge is 2.19. The molecule has 0 N–H and O–H groups in total. The fraction of sp³-hybridized carbons (Fsp3) is 0. The van der Waals surface area contributed by atoms with Crippen LogP contribution < -0.4 is 4.90 Å². The van der Waals surface area contributed by atoms with E-state index in [1.54, 1.807) is 0 Å². The lowest BCUT2D eigenvalue weighted by atomic mass is 9.93. The van der Waals surface area contributed by atoms with E-state index in [4.69, 9.17) is 0 Å². The third-order valence-electron chi connectivity index (χ3n) is 9.65. The van der Waals surface area contributed by atoms with E-state index in [1.807, 2.05) is 0 Å². The van der Waals surface area contributed by atoms with Crippen LogP contribution in [0.3, 0.4) is 0 Å². The van der Waals surface area contributed by atoms with Gasteiger partial charge in [-0.25, -0.2) is 0 Å². The Balaban J connectivity index is 1.27. The van der Waals surface area contributed by atoms with E-state index < -0.39 is 0 Å².